The highest BCUT2D eigenvalue weighted by molar-refractivity contribution is 9.10. The number of halogens is 1. The molecule has 1 N–H and O–H groups in total. The Morgan fingerprint density at radius 1 is 1.38 bits per heavy atom. The van der Waals surface area contributed by atoms with Gasteiger partial charge in [0.25, 0.3) is 0 Å². The lowest BCUT2D eigenvalue weighted by Crippen LogP contribution is -1.94. The van der Waals surface area contributed by atoms with Gasteiger partial charge in [0.15, 0.2) is 10.5 Å². The Morgan fingerprint density at radius 3 is 2.88 bits per heavy atom. The maximum atomic E-state index is 5.18. The van der Waals surface area contributed by atoms with Crippen LogP contribution in [0.15, 0.2) is 21.4 Å². The Balaban J connectivity index is 1.90. The summed E-state index contributed by atoms with van der Waals surface area (Å²) in [5, 5.41) is 7.28. The Hall–Kier alpha value is -1.10. The first-order valence-electron chi connectivity index (χ1n) is 5.50. The molecule has 0 amide bonds. The number of hydrogen-bond donors (Lipinski definition) is 1. The van der Waals surface area contributed by atoms with Crippen molar-refractivity contribution in [3.05, 3.63) is 22.8 Å². The molecular weight excluding hydrogens is 270 g/mol. The van der Waals surface area contributed by atoms with Crippen molar-refractivity contribution >= 4 is 15.9 Å². The molecular formula is C11H12BrN3O. The number of aromatic nitrogens is 3. The topological polar surface area (TPSA) is 54.7 Å². The Bertz CT molecular complexity index is 485. The van der Waals surface area contributed by atoms with Gasteiger partial charge in [-0.3, -0.25) is 5.10 Å². The van der Waals surface area contributed by atoms with Crippen LogP contribution in [0, 0.1) is 0 Å². The van der Waals surface area contributed by atoms with Crippen LogP contribution < -0.4 is 0 Å². The Labute approximate surface area is 102 Å². The van der Waals surface area contributed by atoms with Gasteiger partial charge in [-0.1, -0.05) is 12.8 Å². The van der Waals surface area contributed by atoms with Crippen molar-refractivity contribution in [2.45, 2.75) is 31.6 Å². The highest BCUT2D eigenvalue weighted by atomic mass is 79.9. The van der Waals surface area contributed by atoms with Crippen molar-refractivity contribution in [2.75, 3.05) is 0 Å². The molecule has 0 spiro atoms. The molecule has 0 radical (unpaired) electrons. The molecule has 0 saturated heterocycles. The minimum atomic E-state index is 0.562. The predicted molar refractivity (Wildman–Crippen MR) is 63.0 cm³/mol. The first kappa shape index (κ1) is 10.1. The van der Waals surface area contributed by atoms with E-state index in [0.717, 1.165) is 11.4 Å². The summed E-state index contributed by atoms with van der Waals surface area (Å²) >= 11 is 3.34. The van der Waals surface area contributed by atoms with E-state index in [-0.39, 0.29) is 0 Å². The summed E-state index contributed by atoms with van der Waals surface area (Å²) < 4.78 is 5.86. The molecule has 5 heteroatoms. The highest BCUT2D eigenvalue weighted by Gasteiger charge is 2.21. The normalized spacial score (nSPS) is 17.1. The number of nitrogens with zero attached hydrogens (tertiary/aromatic N) is 2. The van der Waals surface area contributed by atoms with E-state index in [9.17, 15) is 0 Å². The molecule has 16 heavy (non-hydrogen) atoms. The SMILES string of the molecule is Brc1occc1-c1n[nH]c(C2CCCC2)n1. The minimum Gasteiger partial charge on any atom is -0.457 e. The number of rotatable bonds is 2. The van der Waals surface area contributed by atoms with E-state index in [2.05, 4.69) is 31.1 Å². The number of aromatic amines is 1. The van der Waals surface area contributed by atoms with Crippen molar-refractivity contribution in [1.82, 2.24) is 15.2 Å². The fourth-order valence-corrected chi connectivity index (χ4v) is 2.65. The van der Waals surface area contributed by atoms with E-state index >= 15 is 0 Å². The molecule has 1 fully saturated rings. The summed E-state index contributed by atoms with van der Waals surface area (Å²) in [5.41, 5.74) is 0.903. The van der Waals surface area contributed by atoms with Gasteiger partial charge in [0.1, 0.15) is 5.82 Å². The van der Waals surface area contributed by atoms with Crippen LogP contribution in [-0.2, 0) is 0 Å². The number of H-pyrrole nitrogens is 1. The average Bonchev–Trinajstić information content (AvgIpc) is 2.96. The third-order valence-electron chi connectivity index (χ3n) is 3.10. The zero-order chi connectivity index (χ0) is 11.0. The zero-order valence-corrected chi connectivity index (χ0v) is 10.3. The van der Waals surface area contributed by atoms with Crippen LogP contribution in [0.25, 0.3) is 11.4 Å². The molecule has 2 heterocycles. The quantitative estimate of drug-likeness (QED) is 0.917. The molecule has 0 atom stereocenters. The second kappa shape index (κ2) is 4.05. The van der Waals surface area contributed by atoms with Crippen molar-refractivity contribution in [1.29, 1.82) is 0 Å². The largest absolute Gasteiger partial charge is 0.457 e. The van der Waals surface area contributed by atoms with Crippen LogP contribution >= 0.6 is 15.9 Å². The van der Waals surface area contributed by atoms with E-state index in [1.165, 1.54) is 25.7 Å². The summed E-state index contributed by atoms with van der Waals surface area (Å²) in [6.07, 6.45) is 6.68. The molecule has 1 saturated carbocycles. The standard InChI is InChI=1S/C11H12BrN3O/c12-9-8(5-6-16-9)11-13-10(14-15-11)7-3-1-2-4-7/h5-7H,1-4H2,(H,13,14,15). The van der Waals surface area contributed by atoms with E-state index in [1.807, 2.05) is 6.07 Å². The number of furan rings is 1. The molecule has 2 aromatic heterocycles. The number of hydrogen-bond acceptors (Lipinski definition) is 3. The van der Waals surface area contributed by atoms with Gasteiger partial charge in [0, 0.05) is 5.92 Å². The Morgan fingerprint density at radius 2 is 2.19 bits per heavy atom. The third kappa shape index (κ3) is 1.69. The first-order valence-corrected chi connectivity index (χ1v) is 6.29. The molecule has 0 unspecified atom stereocenters. The molecule has 0 aliphatic heterocycles. The molecule has 1 aliphatic carbocycles. The van der Waals surface area contributed by atoms with Crippen LogP contribution in [0.1, 0.15) is 37.4 Å². The second-order valence-corrected chi connectivity index (χ2v) is 4.85. The lowest BCUT2D eigenvalue weighted by Gasteiger charge is -2.01. The maximum absolute atomic E-state index is 5.18. The fourth-order valence-electron chi connectivity index (χ4n) is 2.23. The summed E-state index contributed by atoms with van der Waals surface area (Å²) in [4.78, 5) is 4.54. The van der Waals surface area contributed by atoms with E-state index < -0.39 is 0 Å². The van der Waals surface area contributed by atoms with Crippen molar-refractivity contribution < 1.29 is 4.42 Å². The van der Waals surface area contributed by atoms with Gasteiger partial charge in [-0.05, 0) is 34.8 Å². The van der Waals surface area contributed by atoms with Gasteiger partial charge in [-0.2, -0.15) is 5.10 Å². The van der Waals surface area contributed by atoms with Gasteiger partial charge >= 0.3 is 0 Å². The molecule has 84 valence electrons. The van der Waals surface area contributed by atoms with Crippen LogP contribution in [0.3, 0.4) is 0 Å². The van der Waals surface area contributed by atoms with Crippen LogP contribution in [0.2, 0.25) is 0 Å². The zero-order valence-electron chi connectivity index (χ0n) is 8.74. The van der Waals surface area contributed by atoms with Crippen molar-refractivity contribution in [3.63, 3.8) is 0 Å². The minimum absolute atomic E-state index is 0.562. The van der Waals surface area contributed by atoms with Crippen LogP contribution in [0.5, 0.6) is 0 Å². The lowest BCUT2D eigenvalue weighted by molar-refractivity contribution is 0.542. The molecule has 0 aromatic carbocycles. The summed E-state index contributed by atoms with van der Waals surface area (Å²) in [7, 11) is 0. The summed E-state index contributed by atoms with van der Waals surface area (Å²) in [6.45, 7) is 0. The van der Waals surface area contributed by atoms with Gasteiger partial charge in [-0.15, -0.1) is 0 Å². The monoisotopic (exact) mass is 281 g/mol. The fraction of sp³-hybridized carbons (Fsp3) is 0.455. The van der Waals surface area contributed by atoms with E-state index in [0.29, 0.717) is 16.4 Å². The Kier molecular flexibility index (Phi) is 2.55. The third-order valence-corrected chi connectivity index (χ3v) is 3.72. The smallest absolute Gasteiger partial charge is 0.185 e. The molecule has 0 bridgehead atoms. The lowest BCUT2D eigenvalue weighted by atomic mass is 10.1. The first-order chi connectivity index (χ1) is 7.84. The molecule has 1 aliphatic rings. The molecule has 2 aromatic rings. The maximum Gasteiger partial charge on any atom is 0.185 e. The average molecular weight is 282 g/mol. The van der Waals surface area contributed by atoms with Gasteiger partial charge in [-0.25, -0.2) is 4.98 Å². The van der Waals surface area contributed by atoms with Gasteiger partial charge in [0.2, 0.25) is 0 Å². The molecule has 3 rings (SSSR count). The summed E-state index contributed by atoms with van der Waals surface area (Å²) in [6, 6.07) is 1.87. The van der Waals surface area contributed by atoms with Crippen molar-refractivity contribution in [2.24, 2.45) is 0 Å². The van der Waals surface area contributed by atoms with Crippen LogP contribution in [0.4, 0.5) is 0 Å². The molecule has 4 nitrogen and oxygen atoms in total. The van der Waals surface area contributed by atoms with Gasteiger partial charge < -0.3 is 4.42 Å². The highest BCUT2D eigenvalue weighted by Crippen LogP contribution is 2.33. The van der Waals surface area contributed by atoms with E-state index in [4.69, 9.17) is 4.42 Å². The van der Waals surface area contributed by atoms with E-state index in [1.54, 1.807) is 6.26 Å². The second-order valence-electron chi connectivity index (χ2n) is 4.13. The number of nitrogens with one attached hydrogen (secondary N) is 1. The van der Waals surface area contributed by atoms with Crippen LogP contribution in [-0.4, -0.2) is 15.2 Å². The van der Waals surface area contributed by atoms with Gasteiger partial charge in [0.05, 0.1) is 11.8 Å². The summed E-state index contributed by atoms with van der Waals surface area (Å²) in [5.74, 6) is 2.29. The van der Waals surface area contributed by atoms with Crippen molar-refractivity contribution in [3.8, 4) is 11.4 Å². The predicted octanol–water partition coefficient (Wildman–Crippen LogP) is 3.48.